The number of amides is 1. The lowest BCUT2D eigenvalue weighted by atomic mass is 10.1. The minimum Gasteiger partial charge on any atom is -0.493 e. The largest absolute Gasteiger partial charge is 0.493 e. The Labute approximate surface area is 201 Å². The number of aryl methyl sites for hydroxylation is 5. The Morgan fingerprint density at radius 3 is 2.56 bits per heavy atom. The summed E-state index contributed by atoms with van der Waals surface area (Å²) in [5, 5.41) is 3.06. The van der Waals surface area contributed by atoms with Gasteiger partial charge in [-0.2, -0.15) is 0 Å². The maximum Gasteiger partial charge on any atom is 0.251 e. The fourth-order valence-corrected chi connectivity index (χ4v) is 4.30. The van der Waals surface area contributed by atoms with Crippen molar-refractivity contribution in [3.05, 3.63) is 94.8 Å². The van der Waals surface area contributed by atoms with Gasteiger partial charge >= 0.3 is 0 Å². The summed E-state index contributed by atoms with van der Waals surface area (Å²) < 4.78 is 8.28. The van der Waals surface area contributed by atoms with E-state index in [9.17, 15) is 4.79 Å². The molecule has 0 aliphatic heterocycles. The zero-order valence-corrected chi connectivity index (χ0v) is 20.3. The Kier molecular flexibility index (Phi) is 7.63. The molecule has 4 rings (SSSR count). The number of aromatic nitrogens is 2. The van der Waals surface area contributed by atoms with E-state index in [2.05, 4.69) is 41.1 Å². The third-order valence-electron chi connectivity index (χ3n) is 6.10. The van der Waals surface area contributed by atoms with E-state index in [1.165, 1.54) is 0 Å². The highest BCUT2D eigenvalue weighted by Gasteiger charge is 2.12. The summed E-state index contributed by atoms with van der Waals surface area (Å²) in [4.78, 5) is 17.4. The zero-order chi connectivity index (χ0) is 23.9. The first-order valence-electron chi connectivity index (χ1n) is 12.0. The third kappa shape index (κ3) is 5.66. The van der Waals surface area contributed by atoms with Gasteiger partial charge in [-0.15, -0.1) is 0 Å². The number of para-hydroxylation sites is 3. The first kappa shape index (κ1) is 23.6. The second-order valence-corrected chi connectivity index (χ2v) is 8.81. The van der Waals surface area contributed by atoms with Gasteiger partial charge in [-0.25, -0.2) is 4.98 Å². The molecule has 5 nitrogen and oxygen atoms in total. The van der Waals surface area contributed by atoms with Gasteiger partial charge in [0.15, 0.2) is 0 Å². The van der Waals surface area contributed by atoms with Gasteiger partial charge in [-0.1, -0.05) is 48.0 Å². The molecule has 1 amide bonds. The number of fused-ring (bicyclic) bond motifs is 1. The lowest BCUT2D eigenvalue weighted by Gasteiger charge is -2.12. The fraction of sp³-hybridized carbons (Fsp3) is 0.310. The molecule has 5 heteroatoms. The SMILES string of the molecule is Cc1ccc(C(=O)NCCCc2nc3ccccc3n2CCCOc2ccccc2C)c(C)c1. The van der Waals surface area contributed by atoms with Gasteiger partial charge in [0.1, 0.15) is 11.6 Å². The normalized spacial score (nSPS) is 11.0. The summed E-state index contributed by atoms with van der Waals surface area (Å²) in [6.45, 7) is 8.20. The van der Waals surface area contributed by atoms with Crippen LogP contribution in [0.1, 0.15) is 45.7 Å². The predicted octanol–water partition coefficient (Wildman–Crippen LogP) is 5.79. The maximum atomic E-state index is 12.6. The number of benzene rings is 3. The number of rotatable bonds is 10. The molecule has 1 heterocycles. The van der Waals surface area contributed by atoms with Crippen LogP contribution in [0.25, 0.3) is 11.0 Å². The topological polar surface area (TPSA) is 56.2 Å². The van der Waals surface area contributed by atoms with Crippen molar-refractivity contribution < 1.29 is 9.53 Å². The summed E-state index contributed by atoms with van der Waals surface area (Å²) in [5.41, 5.74) is 6.22. The molecule has 34 heavy (non-hydrogen) atoms. The highest BCUT2D eigenvalue weighted by atomic mass is 16.5. The minimum atomic E-state index is -0.0145. The molecule has 0 fully saturated rings. The van der Waals surface area contributed by atoms with Crippen LogP contribution in [0.5, 0.6) is 5.75 Å². The van der Waals surface area contributed by atoms with Gasteiger partial charge in [0.25, 0.3) is 5.91 Å². The molecule has 0 bridgehead atoms. The van der Waals surface area contributed by atoms with Crippen LogP contribution >= 0.6 is 0 Å². The average Bonchev–Trinajstić information content (AvgIpc) is 3.18. The van der Waals surface area contributed by atoms with Crippen LogP contribution in [0.3, 0.4) is 0 Å². The van der Waals surface area contributed by atoms with Gasteiger partial charge in [0.05, 0.1) is 17.6 Å². The molecule has 1 N–H and O–H groups in total. The third-order valence-corrected chi connectivity index (χ3v) is 6.10. The quantitative estimate of drug-likeness (QED) is 0.308. The maximum absolute atomic E-state index is 12.6. The van der Waals surface area contributed by atoms with Crippen molar-refractivity contribution in [1.29, 1.82) is 0 Å². The molecular formula is C29H33N3O2. The molecule has 4 aromatic rings. The molecular weight excluding hydrogens is 422 g/mol. The molecule has 0 atom stereocenters. The Morgan fingerprint density at radius 2 is 1.74 bits per heavy atom. The molecule has 0 unspecified atom stereocenters. The Balaban J connectivity index is 1.34. The molecule has 0 aliphatic carbocycles. The van der Waals surface area contributed by atoms with E-state index >= 15 is 0 Å². The number of ether oxygens (including phenoxy) is 1. The number of imidazole rings is 1. The van der Waals surface area contributed by atoms with E-state index in [1.54, 1.807) is 0 Å². The number of nitrogens with one attached hydrogen (secondary N) is 1. The van der Waals surface area contributed by atoms with Crippen molar-refractivity contribution in [3.8, 4) is 5.75 Å². The minimum absolute atomic E-state index is 0.0145. The molecule has 0 spiro atoms. The highest BCUT2D eigenvalue weighted by molar-refractivity contribution is 5.95. The molecule has 176 valence electrons. The molecule has 0 saturated heterocycles. The summed E-state index contributed by atoms with van der Waals surface area (Å²) in [6.07, 6.45) is 2.53. The van der Waals surface area contributed by atoms with Crippen molar-refractivity contribution in [1.82, 2.24) is 14.9 Å². The average molecular weight is 456 g/mol. The second-order valence-electron chi connectivity index (χ2n) is 8.81. The number of hydrogen-bond donors (Lipinski definition) is 1. The number of carbonyl (C=O) groups is 1. The predicted molar refractivity (Wildman–Crippen MR) is 138 cm³/mol. The first-order valence-corrected chi connectivity index (χ1v) is 12.0. The molecule has 0 radical (unpaired) electrons. The van der Waals surface area contributed by atoms with E-state index in [1.807, 2.05) is 56.3 Å². The van der Waals surface area contributed by atoms with E-state index in [0.29, 0.717) is 13.2 Å². The molecule has 1 aromatic heterocycles. The van der Waals surface area contributed by atoms with Crippen LogP contribution < -0.4 is 10.1 Å². The van der Waals surface area contributed by atoms with Crippen molar-refractivity contribution in [2.45, 2.75) is 46.6 Å². The highest BCUT2D eigenvalue weighted by Crippen LogP contribution is 2.19. The molecule has 3 aromatic carbocycles. The Hall–Kier alpha value is -3.60. The van der Waals surface area contributed by atoms with Crippen LogP contribution in [-0.2, 0) is 13.0 Å². The molecule has 0 aliphatic rings. The fourth-order valence-electron chi connectivity index (χ4n) is 4.30. The smallest absolute Gasteiger partial charge is 0.251 e. The van der Waals surface area contributed by atoms with Crippen LogP contribution in [0.2, 0.25) is 0 Å². The van der Waals surface area contributed by atoms with Crippen LogP contribution in [0.4, 0.5) is 0 Å². The van der Waals surface area contributed by atoms with E-state index in [0.717, 1.165) is 70.7 Å². The second kappa shape index (κ2) is 11.0. The first-order chi connectivity index (χ1) is 16.5. The Morgan fingerprint density at radius 1 is 0.941 bits per heavy atom. The van der Waals surface area contributed by atoms with Crippen molar-refractivity contribution >= 4 is 16.9 Å². The number of carbonyl (C=O) groups excluding carboxylic acids is 1. The van der Waals surface area contributed by atoms with Gasteiger partial charge in [-0.3, -0.25) is 4.79 Å². The van der Waals surface area contributed by atoms with Crippen LogP contribution in [0, 0.1) is 20.8 Å². The summed E-state index contributed by atoms with van der Waals surface area (Å²) in [6, 6.07) is 22.3. The van der Waals surface area contributed by atoms with E-state index in [4.69, 9.17) is 9.72 Å². The van der Waals surface area contributed by atoms with Gasteiger partial charge in [-0.05, 0) is 69.0 Å². The summed E-state index contributed by atoms with van der Waals surface area (Å²) >= 11 is 0. The van der Waals surface area contributed by atoms with Crippen molar-refractivity contribution in [2.75, 3.05) is 13.2 Å². The standard InChI is InChI=1S/C29H33N3O2/c1-21-15-16-24(23(3)20-21)29(33)30-17-8-14-28-31-25-11-5-6-12-26(25)32(28)18-9-19-34-27-13-7-4-10-22(27)2/h4-7,10-13,15-16,20H,8-9,14,17-19H2,1-3H3,(H,30,33). The number of nitrogens with zero attached hydrogens (tertiary/aromatic N) is 2. The van der Waals surface area contributed by atoms with Crippen molar-refractivity contribution in [2.24, 2.45) is 0 Å². The lowest BCUT2D eigenvalue weighted by Crippen LogP contribution is -2.25. The molecule has 0 saturated carbocycles. The van der Waals surface area contributed by atoms with Gasteiger partial charge in [0, 0.05) is 25.1 Å². The lowest BCUT2D eigenvalue weighted by molar-refractivity contribution is 0.0952. The van der Waals surface area contributed by atoms with Gasteiger partial charge in [0.2, 0.25) is 0 Å². The van der Waals surface area contributed by atoms with Gasteiger partial charge < -0.3 is 14.6 Å². The van der Waals surface area contributed by atoms with Crippen molar-refractivity contribution in [3.63, 3.8) is 0 Å². The van der Waals surface area contributed by atoms with Crippen LogP contribution in [-0.4, -0.2) is 28.6 Å². The van der Waals surface area contributed by atoms with E-state index < -0.39 is 0 Å². The van der Waals surface area contributed by atoms with E-state index in [-0.39, 0.29) is 5.91 Å². The Bertz CT molecular complexity index is 1280. The summed E-state index contributed by atoms with van der Waals surface area (Å²) in [5.74, 6) is 1.98. The number of hydrogen-bond acceptors (Lipinski definition) is 3. The summed E-state index contributed by atoms with van der Waals surface area (Å²) in [7, 11) is 0. The van der Waals surface area contributed by atoms with Crippen LogP contribution in [0.15, 0.2) is 66.7 Å². The zero-order valence-electron chi connectivity index (χ0n) is 20.3. The monoisotopic (exact) mass is 455 g/mol.